The lowest BCUT2D eigenvalue weighted by atomic mass is 10.4. The number of anilines is 1. The van der Waals surface area contributed by atoms with Crippen molar-refractivity contribution in [1.29, 1.82) is 0 Å². The standard InChI is InChI=1S/C7H8N4O2S3/c8-2-5-1-6(14-3-5)16(12,13)11-7-10-9-4-15-7/h1,3-4H,2,8H2,(H,10,11). The minimum absolute atomic E-state index is 0.225. The molecule has 0 unspecified atom stereocenters. The van der Waals surface area contributed by atoms with Gasteiger partial charge in [-0.3, -0.25) is 4.72 Å². The molecule has 2 rings (SSSR count). The Morgan fingerprint density at radius 2 is 2.25 bits per heavy atom. The molecule has 0 saturated carbocycles. The molecule has 0 aliphatic carbocycles. The molecular formula is C7H8N4O2S3. The summed E-state index contributed by atoms with van der Waals surface area (Å²) in [5.41, 5.74) is 7.66. The van der Waals surface area contributed by atoms with Crippen molar-refractivity contribution in [3.63, 3.8) is 0 Å². The van der Waals surface area contributed by atoms with Crippen LogP contribution in [0.15, 0.2) is 21.2 Å². The highest BCUT2D eigenvalue weighted by atomic mass is 32.2. The molecule has 0 aliphatic rings. The number of thiophene rings is 1. The van der Waals surface area contributed by atoms with Gasteiger partial charge in [-0.25, -0.2) is 8.42 Å². The molecular weight excluding hydrogens is 268 g/mol. The molecule has 86 valence electrons. The van der Waals surface area contributed by atoms with Crippen LogP contribution >= 0.6 is 22.7 Å². The fourth-order valence-corrected chi connectivity index (χ4v) is 3.90. The molecule has 16 heavy (non-hydrogen) atoms. The largest absolute Gasteiger partial charge is 0.326 e. The molecule has 0 fully saturated rings. The Bertz CT molecular complexity index is 560. The van der Waals surface area contributed by atoms with Crippen molar-refractivity contribution in [2.45, 2.75) is 10.8 Å². The highest BCUT2D eigenvalue weighted by Gasteiger charge is 2.17. The average Bonchev–Trinajstić information content (AvgIpc) is 2.85. The zero-order valence-corrected chi connectivity index (χ0v) is 10.4. The molecule has 0 atom stereocenters. The third-order valence-electron chi connectivity index (χ3n) is 1.71. The number of aromatic nitrogens is 2. The van der Waals surface area contributed by atoms with Crippen molar-refractivity contribution in [3.05, 3.63) is 22.5 Å². The van der Waals surface area contributed by atoms with Gasteiger partial charge in [0.2, 0.25) is 5.13 Å². The number of nitrogens with one attached hydrogen (secondary N) is 1. The molecule has 0 saturated heterocycles. The second kappa shape index (κ2) is 4.45. The second-order valence-corrected chi connectivity index (χ2v) is 6.48. The van der Waals surface area contributed by atoms with Crippen molar-refractivity contribution in [2.24, 2.45) is 5.73 Å². The van der Waals surface area contributed by atoms with E-state index in [0.717, 1.165) is 28.2 Å². The minimum atomic E-state index is -3.55. The van der Waals surface area contributed by atoms with Crippen molar-refractivity contribution in [1.82, 2.24) is 10.2 Å². The van der Waals surface area contributed by atoms with Crippen LogP contribution < -0.4 is 10.5 Å². The molecule has 0 amide bonds. The zero-order valence-electron chi connectivity index (χ0n) is 7.95. The Kier molecular flexibility index (Phi) is 3.19. The van der Waals surface area contributed by atoms with E-state index in [1.54, 1.807) is 11.4 Å². The van der Waals surface area contributed by atoms with E-state index in [0.29, 0.717) is 6.54 Å². The molecule has 2 heterocycles. The lowest BCUT2D eigenvalue weighted by Crippen LogP contribution is -2.11. The molecule has 3 N–H and O–H groups in total. The molecule has 0 aliphatic heterocycles. The summed E-state index contributed by atoms with van der Waals surface area (Å²) in [6, 6.07) is 1.55. The topological polar surface area (TPSA) is 98.0 Å². The van der Waals surface area contributed by atoms with Gasteiger partial charge in [-0.2, -0.15) is 0 Å². The molecule has 6 nitrogen and oxygen atoms in total. The number of hydrogen-bond acceptors (Lipinski definition) is 7. The first kappa shape index (κ1) is 11.5. The summed E-state index contributed by atoms with van der Waals surface area (Å²) < 4.78 is 26.2. The molecule has 2 aromatic rings. The smallest absolute Gasteiger partial charge is 0.273 e. The summed E-state index contributed by atoms with van der Waals surface area (Å²) in [6.45, 7) is 0.324. The van der Waals surface area contributed by atoms with Gasteiger partial charge in [0.25, 0.3) is 10.0 Å². The van der Waals surface area contributed by atoms with Crippen LogP contribution in [0.1, 0.15) is 5.56 Å². The first-order valence-corrected chi connectivity index (χ1v) is 7.42. The predicted octanol–water partition coefficient (Wildman–Crippen LogP) is 0.859. The number of rotatable bonds is 4. The lowest BCUT2D eigenvalue weighted by Gasteiger charge is -2.00. The molecule has 0 aromatic carbocycles. The van der Waals surface area contributed by atoms with Gasteiger partial charge in [-0.05, 0) is 17.0 Å². The third kappa shape index (κ3) is 2.38. The second-order valence-electron chi connectivity index (χ2n) is 2.83. The van der Waals surface area contributed by atoms with Crippen LogP contribution in [0.4, 0.5) is 5.13 Å². The van der Waals surface area contributed by atoms with Crippen LogP contribution in [-0.4, -0.2) is 18.6 Å². The van der Waals surface area contributed by atoms with Crippen molar-refractivity contribution >= 4 is 37.8 Å². The van der Waals surface area contributed by atoms with Gasteiger partial charge in [0.15, 0.2) is 0 Å². The Hall–Kier alpha value is -1.03. The fraction of sp³-hybridized carbons (Fsp3) is 0.143. The molecule has 0 spiro atoms. The first-order valence-electron chi connectivity index (χ1n) is 4.18. The number of sulfonamides is 1. The predicted molar refractivity (Wildman–Crippen MR) is 62.9 cm³/mol. The van der Waals surface area contributed by atoms with Crippen LogP contribution in [-0.2, 0) is 16.6 Å². The third-order valence-corrected chi connectivity index (χ3v) is 5.28. The number of hydrogen-bond donors (Lipinski definition) is 2. The molecule has 0 radical (unpaired) electrons. The van der Waals surface area contributed by atoms with Crippen LogP contribution in [0.5, 0.6) is 0 Å². The fourth-order valence-electron chi connectivity index (χ4n) is 0.984. The average molecular weight is 276 g/mol. The summed E-state index contributed by atoms with van der Waals surface area (Å²) in [7, 11) is -3.55. The summed E-state index contributed by atoms with van der Waals surface area (Å²) in [5, 5.41) is 9.13. The maximum absolute atomic E-state index is 11.8. The van der Waals surface area contributed by atoms with E-state index >= 15 is 0 Å². The Morgan fingerprint density at radius 1 is 1.44 bits per heavy atom. The van der Waals surface area contributed by atoms with Crippen LogP contribution in [0.2, 0.25) is 0 Å². The van der Waals surface area contributed by atoms with E-state index in [4.69, 9.17) is 5.73 Å². The van der Waals surface area contributed by atoms with Crippen LogP contribution in [0, 0.1) is 0 Å². The highest BCUT2D eigenvalue weighted by molar-refractivity contribution is 7.94. The van der Waals surface area contributed by atoms with Crippen molar-refractivity contribution in [2.75, 3.05) is 4.72 Å². The minimum Gasteiger partial charge on any atom is -0.326 e. The van der Waals surface area contributed by atoms with Gasteiger partial charge >= 0.3 is 0 Å². The highest BCUT2D eigenvalue weighted by Crippen LogP contribution is 2.23. The quantitative estimate of drug-likeness (QED) is 0.863. The Balaban J connectivity index is 2.25. The van der Waals surface area contributed by atoms with Crippen LogP contribution in [0.25, 0.3) is 0 Å². The molecule has 0 bridgehead atoms. The van der Waals surface area contributed by atoms with E-state index in [1.807, 2.05) is 0 Å². The van der Waals surface area contributed by atoms with Crippen molar-refractivity contribution in [3.8, 4) is 0 Å². The first-order chi connectivity index (χ1) is 7.62. The molecule has 9 heteroatoms. The lowest BCUT2D eigenvalue weighted by molar-refractivity contribution is 0.603. The van der Waals surface area contributed by atoms with E-state index in [2.05, 4.69) is 14.9 Å². The van der Waals surface area contributed by atoms with Crippen molar-refractivity contribution < 1.29 is 8.42 Å². The Labute approximate surface area is 100 Å². The van der Waals surface area contributed by atoms with Gasteiger partial charge in [-0.1, -0.05) is 11.3 Å². The monoisotopic (exact) mass is 276 g/mol. The van der Waals surface area contributed by atoms with Gasteiger partial charge in [0, 0.05) is 6.54 Å². The summed E-state index contributed by atoms with van der Waals surface area (Å²) in [4.78, 5) is 0. The maximum atomic E-state index is 11.8. The normalized spacial score (nSPS) is 11.6. The molecule has 2 aromatic heterocycles. The van der Waals surface area contributed by atoms with E-state index < -0.39 is 10.0 Å². The Morgan fingerprint density at radius 3 is 2.81 bits per heavy atom. The van der Waals surface area contributed by atoms with E-state index in [9.17, 15) is 8.42 Å². The van der Waals surface area contributed by atoms with E-state index in [1.165, 1.54) is 5.51 Å². The van der Waals surface area contributed by atoms with E-state index in [-0.39, 0.29) is 9.34 Å². The number of nitrogens with zero attached hydrogens (tertiary/aromatic N) is 2. The van der Waals surface area contributed by atoms with Gasteiger partial charge < -0.3 is 5.73 Å². The summed E-state index contributed by atoms with van der Waals surface area (Å²) >= 11 is 2.25. The SMILES string of the molecule is NCc1csc(S(=O)(=O)Nc2nncs2)c1. The number of nitrogens with two attached hydrogens (primary N) is 1. The van der Waals surface area contributed by atoms with Gasteiger partial charge in [-0.15, -0.1) is 21.5 Å². The van der Waals surface area contributed by atoms with Gasteiger partial charge in [0.1, 0.15) is 9.72 Å². The zero-order chi connectivity index (χ0) is 11.6. The van der Waals surface area contributed by atoms with Crippen LogP contribution in [0.3, 0.4) is 0 Å². The summed E-state index contributed by atoms with van der Waals surface area (Å²) in [5.74, 6) is 0. The summed E-state index contributed by atoms with van der Waals surface area (Å²) in [6.07, 6.45) is 0. The maximum Gasteiger partial charge on any atom is 0.273 e. The van der Waals surface area contributed by atoms with Gasteiger partial charge in [0.05, 0.1) is 0 Å².